The molecule has 1 aromatic carbocycles. The summed E-state index contributed by atoms with van der Waals surface area (Å²) in [6.45, 7) is 13.7. The lowest BCUT2D eigenvalue weighted by atomic mass is 9.83. The normalized spacial score (nSPS) is 30.0. The predicted molar refractivity (Wildman–Crippen MR) is 111 cm³/mol. The zero-order chi connectivity index (χ0) is 18.9. The highest BCUT2D eigenvalue weighted by Crippen LogP contribution is 2.31. The minimum Gasteiger partial charge on any atom is -0.390 e. The van der Waals surface area contributed by atoms with E-state index < -0.39 is 5.60 Å². The molecule has 1 aromatic rings. The molecule has 0 radical (unpaired) electrons. The predicted octanol–water partition coefficient (Wildman–Crippen LogP) is 2.60. The second kappa shape index (κ2) is 8.20. The Hall–Kier alpha value is -0.940. The monoisotopic (exact) mass is 371 g/mol. The van der Waals surface area contributed by atoms with Gasteiger partial charge in [0.05, 0.1) is 5.60 Å². The van der Waals surface area contributed by atoms with Crippen LogP contribution in [0.4, 0.5) is 0 Å². The summed E-state index contributed by atoms with van der Waals surface area (Å²) in [5.74, 6) is 0.956. The van der Waals surface area contributed by atoms with Crippen LogP contribution in [0.3, 0.4) is 0 Å². The van der Waals surface area contributed by atoms with Gasteiger partial charge in [-0.2, -0.15) is 0 Å². The second-order valence-electron chi connectivity index (χ2n) is 9.65. The van der Waals surface area contributed by atoms with Gasteiger partial charge in [0.15, 0.2) is 0 Å². The SMILES string of the molecule is CC(C)(O)CCc1ccc(CN2CCN([C@@H]3CN4CCC3CC4)CC2)cc1. The van der Waals surface area contributed by atoms with Crippen LogP contribution in [0.25, 0.3) is 0 Å². The van der Waals surface area contributed by atoms with E-state index in [2.05, 4.69) is 39.0 Å². The molecule has 4 fully saturated rings. The van der Waals surface area contributed by atoms with Crippen molar-refractivity contribution >= 4 is 0 Å². The standard InChI is InChI=1S/C23H37N3O/c1-23(2,27)10-7-19-3-5-20(6-4-19)17-25-13-15-26(16-14-25)22-18-24-11-8-21(22)9-12-24/h3-6,21-22,27H,7-18H2,1-2H3/t22-/m1/s1. The second-order valence-corrected chi connectivity index (χ2v) is 9.65. The number of fused-ring (bicyclic) bond motifs is 3. The van der Waals surface area contributed by atoms with E-state index in [1.807, 2.05) is 13.8 Å². The van der Waals surface area contributed by atoms with E-state index in [4.69, 9.17) is 0 Å². The Morgan fingerprint density at radius 3 is 2.11 bits per heavy atom. The van der Waals surface area contributed by atoms with Crippen LogP contribution in [0.5, 0.6) is 0 Å². The number of nitrogens with zero attached hydrogens (tertiary/aromatic N) is 3. The largest absolute Gasteiger partial charge is 0.390 e. The Morgan fingerprint density at radius 1 is 0.926 bits per heavy atom. The Kier molecular flexibility index (Phi) is 5.89. The van der Waals surface area contributed by atoms with E-state index in [-0.39, 0.29) is 0 Å². The first-order valence-corrected chi connectivity index (χ1v) is 11.0. The molecule has 1 atom stereocenters. The van der Waals surface area contributed by atoms with Gasteiger partial charge in [-0.1, -0.05) is 24.3 Å². The van der Waals surface area contributed by atoms with E-state index >= 15 is 0 Å². The maximum atomic E-state index is 9.89. The lowest BCUT2D eigenvalue weighted by Crippen LogP contribution is -2.60. The van der Waals surface area contributed by atoms with Crippen molar-refractivity contribution in [2.45, 2.75) is 57.7 Å². The van der Waals surface area contributed by atoms with Crippen LogP contribution in [-0.2, 0) is 13.0 Å². The average Bonchev–Trinajstić information content (AvgIpc) is 2.68. The number of piperidine rings is 3. The van der Waals surface area contributed by atoms with Gasteiger partial charge in [0.25, 0.3) is 0 Å². The number of aryl methyl sites for hydroxylation is 1. The number of piperazine rings is 1. The van der Waals surface area contributed by atoms with Crippen LogP contribution in [0.1, 0.15) is 44.2 Å². The van der Waals surface area contributed by atoms with Crippen LogP contribution in [0, 0.1) is 5.92 Å². The fourth-order valence-electron chi connectivity index (χ4n) is 5.12. The highest BCUT2D eigenvalue weighted by atomic mass is 16.3. The third kappa shape index (κ3) is 5.11. The molecule has 4 aliphatic rings. The van der Waals surface area contributed by atoms with Gasteiger partial charge in [0.2, 0.25) is 0 Å². The molecule has 0 unspecified atom stereocenters. The molecule has 0 aliphatic carbocycles. The van der Waals surface area contributed by atoms with Crippen molar-refractivity contribution in [2.75, 3.05) is 45.8 Å². The summed E-state index contributed by atoms with van der Waals surface area (Å²) in [6.07, 6.45) is 4.60. The van der Waals surface area contributed by atoms with Crippen LogP contribution in [-0.4, -0.2) is 77.3 Å². The molecule has 4 aliphatic heterocycles. The maximum absolute atomic E-state index is 9.89. The maximum Gasteiger partial charge on any atom is 0.0594 e. The molecule has 0 spiro atoms. The van der Waals surface area contributed by atoms with E-state index in [9.17, 15) is 5.11 Å². The zero-order valence-corrected chi connectivity index (χ0v) is 17.2. The summed E-state index contributed by atoms with van der Waals surface area (Å²) in [6, 6.07) is 9.86. The third-order valence-corrected chi connectivity index (χ3v) is 6.95. The van der Waals surface area contributed by atoms with Gasteiger partial charge in [0, 0.05) is 45.3 Å². The number of hydrogen-bond donors (Lipinski definition) is 1. The first-order valence-electron chi connectivity index (χ1n) is 11.0. The Labute approximate surface area is 165 Å². The molecule has 27 heavy (non-hydrogen) atoms. The van der Waals surface area contributed by atoms with E-state index in [1.54, 1.807) is 0 Å². The van der Waals surface area contributed by atoms with Crippen molar-refractivity contribution < 1.29 is 5.11 Å². The summed E-state index contributed by atoms with van der Waals surface area (Å²) < 4.78 is 0. The highest BCUT2D eigenvalue weighted by molar-refractivity contribution is 5.23. The van der Waals surface area contributed by atoms with Crippen molar-refractivity contribution in [1.29, 1.82) is 0 Å². The molecule has 5 rings (SSSR count). The number of hydrogen-bond acceptors (Lipinski definition) is 4. The quantitative estimate of drug-likeness (QED) is 0.833. The molecule has 4 nitrogen and oxygen atoms in total. The molecular formula is C23H37N3O. The summed E-state index contributed by atoms with van der Waals surface area (Å²) >= 11 is 0. The van der Waals surface area contributed by atoms with Crippen LogP contribution in [0.2, 0.25) is 0 Å². The topological polar surface area (TPSA) is 30.0 Å². The molecule has 0 aromatic heterocycles. The number of benzene rings is 1. The molecule has 4 heterocycles. The highest BCUT2D eigenvalue weighted by Gasteiger charge is 2.38. The Bertz CT molecular complexity index is 593. The molecule has 0 amide bonds. The summed E-state index contributed by atoms with van der Waals surface area (Å²) in [4.78, 5) is 8.08. The van der Waals surface area contributed by atoms with Crippen LogP contribution >= 0.6 is 0 Å². The molecule has 4 heteroatoms. The Balaban J connectivity index is 1.23. The van der Waals surface area contributed by atoms with Gasteiger partial charge < -0.3 is 10.0 Å². The molecule has 150 valence electrons. The molecule has 2 bridgehead atoms. The van der Waals surface area contributed by atoms with Crippen molar-refractivity contribution in [1.82, 2.24) is 14.7 Å². The van der Waals surface area contributed by atoms with Gasteiger partial charge in [-0.15, -0.1) is 0 Å². The first kappa shape index (κ1) is 19.4. The summed E-state index contributed by atoms with van der Waals surface area (Å²) in [5, 5.41) is 9.89. The lowest BCUT2D eigenvalue weighted by molar-refractivity contribution is -0.0162. The summed E-state index contributed by atoms with van der Waals surface area (Å²) in [5.41, 5.74) is 2.17. The van der Waals surface area contributed by atoms with Crippen LogP contribution in [0.15, 0.2) is 24.3 Å². The Morgan fingerprint density at radius 2 is 1.56 bits per heavy atom. The fraction of sp³-hybridized carbons (Fsp3) is 0.739. The molecule has 4 saturated heterocycles. The minimum absolute atomic E-state index is 0.576. The molecule has 1 N–H and O–H groups in total. The average molecular weight is 372 g/mol. The fourth-order valence-corrected chi connectivity index (χ4v) is 5.12. The van der Waals surface area contributed by atoms with Gasteiger partial charge in [-0.3, -0.25) is 9.80 Å². The third-order valence-electron chi connectivity index (χ3n) is 6.95. The van der Waals surface area contributed by atoms with Gasteiger partial charge in [-0.25, -0.2) is 0 Å². The molecular weight excluding hydrogens is 334 g/mol. The van der Waals surface area contributed by atoms with Crippen molar-refractivity contribution in [3.8, 4) is 0 Å². The van der Waals surface area contributed by atoms with E-state index in [0.29, 0.717) is 0 Å². The van der Waals surface area contributed by atoms with Gasteiger partial charge in [-0.05, 0) is 69.7 Å². The van der Waals surface area contributed by atoms with Crippen LogP contribution < -0.4 is 0 Å². The van der Waals surface area contributed by atoms with E-state index in [0.717, 1.165) is 31.3 Å². The smallest absolute Gasteiger partial charge is 0.0594 e. The van der Waals surface area contributed by atoms with Crippen molar-refractivity contribution in [3.63, 3.8) is 0 Å². The van der Waals surface area contributed by atoms with Gasteiger partial charge in [0.1, 0.15) is 0 Å². The lowest BCUT2D eigenvalue weighted by Gasteiger charge is -2.51. The van der Waals surface area contributed by atoms with Gasteiger partial charge >= 0.3 is 0 Å². The first-order chi connectivity index (χ1) is 13.0. The number of aliphatic hydroxyl groups is 1. The molecule has 0 saturated carbocycles. The van der Waals surface area contributed by atoms with E-state index in [1.165, 1.54) is 69.8 Å². The minimum atomic E-state index is -0.576. The van der Waals surface area contributed by atoms with Crippen molar-refractivity contribution in [2.24, 2.45) is 5.92 Å². The summed E-state index contributed by atoms with van der Waals surface area (Å²) in [7, 11) is 0. The van der Waals surface area contributed by atoms with Crippen molar-refractivity contribution in [3.05, 3.63) is 35.4 Å². The number of rotatable bonds is 6. The zero-order valence-electron chi connectivity index (χ0n) is 17.2.